The monoisotopic (exact) mass is 310 g/mol. The van der Waals surface area contributed by atoms with Gasteiger partial charge in [-0.3, -0.25) is 4.98 Å². The first kappa shape index (κ1) is 15.0. The van der Waals surface area contributed by atoms with Gasteiger partial charge in [-0.05, 0) is 30.3 Å². The first-order chi connectivity index (χ1) is 11.2. The summed E-state index contributed by atoms with van der Waals surface area (Å²) in [7, 11) is 4.91. The van der Waals surface area contributed by atoms with Gasteiger partial charge in [0, 0.05) is 29.4 Å². The average Bonchev–Trinajstić information content (AvgIpc) is 2.61. The van der Waals surface area contributed by atoms with Crippen molar-refractivity contribution in [3.63, 3.8) is 0 Å². The first-order valence-corrected chi connectivity index (χ1v) is 7.17. The summed E-state index contributed by atoms with van der Waals surface area (Å²) in [6.07, 6.45) is 1.76. The quantitative estimate of drug-likeness (QED) is 0.772. The molecule has 0 amide bonds. The summed E-state index contributed by atoms with van der Waals surface area (Å²) >= 11 is 0. The van der Waals surface area contributed by atoms with E-state index in [-0.39, 0.29) is 0 Å². The second-order valence-corrected chi connectivity index (χ2v) is 4.93. The number of fused-ring (bicyclic) bond motifs is 1. The van der Waals surface area contributed by atoms with Crippen molar-refractivity contribution in [3.8, 4) is 17.2 Å². The van der Waals surface area contributed by atoms with E-state index in [1.807, 2.05) is 42.5 Å². The van der Waals surface area contributed by atoms with Crippen molar-refractivity contribution in [1.82, 2.24) is 4.98 Å². The summed E-state index contributed by atoms with van der Waals surface area (Å²) in [6, 6.07) is 13.4. The Morgan fingerprint density at radius 3 is 2.26 bits per heavy atom. The van der Waals surface area contributed by atoms with E-state index in [2.05, 4.69) is 10.3 Å². The van der Waals surface area contributed by atoms with Gasteiger partial charge in [0.15, 0.2) is 0 Å². The van der Waals surface area contributed by atoms with Crippen LogP contribution in [0.1, 0.15) is 0 Å². The topological polar surface area (TPSA) is 52.6 Å². The number of nitrogens with one attached hydrogen (secondary N) is 1. The molecule has 0 bridgehead atoms. The Bertz CT molecular complexity index is 834. The lowest BCUT2D eigenvalue weighted by atomic mass is 10.1. The highest BCUT2D eigenvalue weighted by Gasteiger charge is 2.08. The number of hydrogen-bond acceptors (Lipinski definition) is 5. The van der Waals surface area contributed by atoms with E-state index in [9.17, 15) is 0 Å². The lowest BCUT2D eigenvalue weighted by Crippen LogP contribution is -1.97. The molecule has 1 N–H and O–H groups in total. The maximum atomic E-state index is 5.43. The van der Waals surface area contributed by atoms with Gasteiger partial charge in [0.1, 0.15) is 17.2 Å². The maximum absolute atomic E-state index is 5.43. The van der Waals surface area contributed by atoms with Crippen molar-refractivity contribution in [2.24, 2.45) is 0 Å². The number of nitrogens with zero attached hydrogens (tertiary/aromatic N) is 1. The molecule has 118 valence electrons. The van der Waals surface area contributed by atoms with Gasteiger partial charge in [-0.25, -0.2) is 0 Å². The molecule has 0 saturated carbocycles. The van der Waals surface area contributed by atoms with E-state index >= 15 is 0 Å². The van der Waals surface area contributed by atoms with Crippen LogP contribution in [0.15, 0.2) is 48.7 Å². The first-order valence-electron chi connectivity index (χ1n) is 7.17. The van der Waals surface area contributed by atoms with Crippen LogP contribution in [0.3, 0.4) is 0 Å². The lowest BCUT2D eigenvalue weighted by molar-refractivity contribution is 0.395. The van der Waals surface area contributed by atoms with E-state index < -0.39 is 0 Å². The van der Waals surface area contributed by atoms with Crippen molar-refractivity contribution in [3.05, 3.63) is 48.7 Å². The molecule has 3 rings (SSSR count). The number of anilines is 2. The molecule has 0 atom stereocenters. The van der Waals surface area contributed by atoms with Crippen molar-refractivity contribution in [2.45, 2.75) is 0 Å². The Morgan fingerprint density at radius 2 is 1.52 bits per heavy atom. The van der Waals surface area contributed by atoms with Crippen LogP contribution >= 0.6 is 0 Å². The number of pyridine rings is 1. The van der Waals surface area contributed by atoms with Gasteiger partial charge in [0.25, 0.3) is 0 Å². The second kappa shape index (κ2) is 6.44. The highest BCUT2D eigenvalue weighted by Crippen LogP contribution is 2.34. The van der Waals surface area contributed by atoms with E-state index in [1.54, 1.807) is 27.5 Å². The Kier molecular flexibility index (Phi) is 4.19. The fourth-order valence-corrected chi connectivity index (χ4v) is 2.41. The molecule has 0 saturated heterocycles. The van der Waals surface area contributed by atoms with Crippen LogP contribution in [-0.2, 0) is 0 Å². The minimum atomic E-state index is 0.711. The van der Waals surface area contributed by atoms with Gasteiger partial charge in [0.2, 0.25) is 0 Å². The number of hydrogen-bond donors (Lipinski definition) is 1. The molecule has 0 radical (unpaired) electrons. The molecule has 5 heteroatoms. The zero-order valence-electron chi connectivity index (χ0n) is 13.3. The Hall–Kier alpha value is -2.95. The summed E-state index contributed by atoms with van der Waals surface area (Å²) < 4.78 is 15.9. The van der Waals surface area contributed by atoms with Crippen LogP contribution in [-0.4, -0.2) is 26.3 Å². The van der Waals surface area contributed by atoms with Gasteiger partial charge < -0.3 is 19.5 Å². The van der Waals surface area contributed by atoms with Gasteiger partial charge in [0.05, 0.1) is 32.5 Å². The van der Waals surface area contributed by atoms with Crippen molar-refractivity contribution >= 4 is 22.3 Å². The molecule has 1 heterocycles. The van der Waals surface area contributed by atoms with E-state index in [4.69, 9.17) is 14.2 Å². The summed E-state index contributed by atoms with van der Waals surface area (Å²) in [4.78, 5) is 4.39. The normalized spacial score (nSPS) is 10.4. The lowest BCUT2D eigenvalue weighted by Gasteiger charge is -2.14. The van der Waals surface area contributed by atoms with Gasteiger partial charge in [-0.2, -0.15) is 0 Å². The van der Waals surface area contributed by atoms with Crippen molar-refractivity contribution < 1.29 is 14.2 Å². The van der Waals surface area contributed by atoms with Gasteiger partial charge in [-0.1, -0.05) is 0 Å². The summed E-state index contributed by atoms with van der Waals surface area (Å²) in [5, 5.41) is 4.40. The molecule has 0 unspecified atom stereocenters. The average molecular weight is 310 g/mol. The van der Waals surface area contributed by atoms with Crippen LogP contribution in [0.2, 0.25) is 0 Å². The summed E-state index contributed by atoms with van der Waals surface area (Å²) in [6.45, 7) is 0. The van der Waals surface area contributed by atoms with Crippen LogP contribution in [0.5, 0.6) is 17.2 Å². The highest BCUT2D eigenvalue weighted by atomic mass is 16.5. The van der Waals surface area contributed by atoms with Gasteiger partial charge >= 0.3 is 0 Å². The molecule has 1 aromatic heterocycles. The predicted octanol–water partition coefficient (Wildman–Crippen LogP) is 4.00. The smallest absolute Gasteiger partial charge is 0.145 e. The number of aromatic nitrogens is 1. The molecule has 0 aliphatic heterocycles. The molecule has 2 aromatic carbocycles. The maximum Gasteiger partial charge on any atom is 0.145 e. The zero-order valence-corrected chi connectivity index (χ0v) is 13.3. The molecular weight excluding hydrogens is 292 g/mol. The number of benzene rings is 2. The third kappa shape index (κ3) is 2.99. The highest BCUT2D eigenvalue weighted by molar-refractivity contribution is 5.94. The van der Waals surface area contributed by atoms with Crippen molar-refractivity contribution in [2.75, 3.05) is 26.6 Å². The van der Waals surface area contributed by atoms with E-state index in [1.165, 1.54) is 0 Å². The number of ether oxygens (including phenoxy) is 3. The summed E-state index contributed by atoms with van der Waals surface area (Å²) in [5.74, 6) is 2.24. The minimum Gasteiger partial charge on any atom is -0.497 e. The van der Waals surface area contributed by atoms with Crippen LogP contribution in [0.4, 0.5) is 11.4 Å². The van der Waals surface area contributed by atoms with Crippen LogP contribution in [0.25, 0.3) is 10.9 Å². The number of methoxy groups -OCH3 is 3. The third-order valence-corrected chi connectivity index (χ3v) is 3.63. The van der Waals surface area contributed by atoms with E-state index in [0.717, 1.165) is 33.8 Å². The molecule has 3 aromatic rings. The largest absolute Gasteiger partial charge is 0.497 e. The molecular formula is C18H18N2O3. The predicted molar refractivity (Wildman–Crippen MR) is 91.1 cm³/mol. The SMILES string of the molecule is COc1ccc(Nc2ccnc3cc(OC)ccc23)c(OC)c1. The molecule has 5 nitrogen and oxygen atoms in total. The second-order valence-electron chi connectivity index (χ2n) is 4.93. The minimum absolute atomic E-state index is 0.711. The number of rotatable bonds is 5. The van der Waals surface area contributed by atoms with Crippen LogP contribution < -0.4 is 19.5 Å². The van der Waals surface area contributed by atoms with Crippen LogP contribution in [0, 0.1) is 0 Å². The standard InChI is InChI=1S/C18H18N2O3/c1-21-12-4-6-14-15(8-9-19-17(14)10-12)20-16-7-5-13(22-2)11-18(16)23-3/h4-11H,1-3H3,(H,19,20). The molecule has 0 fully saturated rings. The fraction of sp³-hybridized carbons (Fsp3) is 0.167. The molecule has 0 aliphatic rings. The van der Waals surface area contributed by atoms with Crippen molar-refractivity contribution in [1.29, 1.82) is 0 Å². The van der Waals surface area contributed by atoms with E-state index in [0.29, 0.717) is 5.75 Å². The summed E-state index contributed by atoms with van der Waals surface area (Å²) in [5.41, 5.74) is 2.67. The Balaban J connectivity index is 2.01. The Morgan fingerprint density at radius 1 is 0.783 bits per heavy atom. The zero-order chi connectivity index (χ0) is 16.2. The molecule has 23 heavy (non-hydrogen) atoms. The molecule has 0 spiro atoms. The Labute approximate surface area is 134 Å². The third-order valence-electron chi connectivity index (χ3n) is 3.63. The fourth-order valence-electron chi connectivity index (χ4n) is 2.41. The van der Waals surface area contributed by atoms with Gasteiger partial charge in [-0.15, -0.1) is 0 Å². The molecule has 0 aliphatic carbocycles.